The van der Waals surface area contributed by atoms with Gasteiger partial charge in [0.1, 0.15) is 5.76 Å². The van der Waals surface area contributed by atoms with Crippen LogP contribution in [0.1, 0.15) is 31.2 Å². The highest BCUT2D eigenvalue weighted by molar-refractivity contribution is 8.01. The summed E-state index contributed by atoms with van der Waals surface area (Å²) >= 11 is 9.91. The first-order valence-corrected chi connectivity index (χ1v) is 15.3. The number of aromatic nitrogens is 2. The summed E-state index contributed by atoms with van der Waals surface area (Å²) in [6, 6.07) is 14.3. The average Bonchev–Trinajstić information content (AvgIpc) is 3.65. The smallest absolute Gasteiger partial charge is 0.338 e. The van der Waals surface area contributed by atoms with Crippen LogP contribution in [0.25, 0.3) is 16.3 Å². The first-order valence-electron chi connectivity index (χ1n) is 12.5. The van der Waals surface area contributed by atoms with Crippen molar-refractivity contribution in [2.45, 2.75) is 29.3 Å². The van der Waals surface area contributed by atoms with E-state index in [1.165, 1.54) is 51.1 Å². The maximum atomic E-state index is 13.8. The third kappa shape index (κ3) is 5.31. The molecular formula is C28H19ClN4O6S3. The molecule has 212 valence electrons. The van der Waals surface area contributed by atoms with E-state index in [1.54, 1.807) is 62.4 Å². The maximum Gasteiger partial charge on any atom is 0.338 e. The fraction of sp³-hybridized carbons (Fsp3) is 0.143. The van der Waals surface area contributed by atoms with Gasteiger partial charge in [-0.1, -0.05) is 35.1 Å². The number of thiazole rings is 2. The van der Waals surface area contributed by atoms with Crippen LogP contribution in [0.5, 0.6) is 0 Å². The molecule has 3 aromatic heterocycles. The number of nitro benzene ring substituents is 1. The number of hydrogen-bond donors (Lipinski definition) is 0. The molecule has 0 bridgehead atoms. The zero-order chi connectivity index (χ0) is 29.5. The first kappa shape index (κ1) is 28.1. The van der Waals surface area contributed by atoms with Gasteiger partial charge >= 0.3 is 5.97 Å². The topological polar surface area (TPSA) is 130 Å². The van der Waals surface area contributed by atoms with Crippen molar-refractivity contribution in [2.75, 3.05) is 6.61 Å². The Morgan fingerprint density at radius 2 is 2.00 bits per heavy atom. The van der Waals surface area contributed by atoms with Crippen molar-refractivity contribution in [1.29, 1.82) is 0 Å². The molecule has 1 atom stereocenters. The number of nitro groups is 1. The molecule has 0 spiro atoms. The second kappa shape index (κ2) is 11.3. The largest absolute Gasteiger partial charge is 0.463 e. The Kier molecular flexibility index (Phi) is 7.58. The van der Waals surface area contributed by atoms with E-state index in [4.69, 9.17) is 20.8 Å². The van der Waals surface area contributed by atoms with Gasteiger partial charge < -0.3 is 9.15 Å². The Labute approximate surface area is 254 Å². The van der Waals surface area contributed by atoms with Crippen LogP contribution in [0, 0.1) is 10.1 Å². The van der Waals surface area contributed by atoms with Crippen LogP contribution in [-0.4, -0.2) is 27.1 Å². The lowest BCUT2D eigenvalue weighted by Gasteiger charge is -2.24. The molecule has 0 N–H and O–H groups in total. The summed E-state index contributed by atoms with van der Waals surface area (Å²) in [4.78, 5) is 46.9. The van der Waals surface area contributed by atoms with E-state index in [1.807, 2.05) is 0 Å². The van der Waals surface area contributed by atoms with Gasteiger partial charge in [0.15, 0.2) is 14.2 Å². The van der Waals surface area contributed by atoms with Gasteiger partial charge in [0.2, 0.25) is 0 Å². The number of hydrogen-bond acceptors (Lipinski definition) is 11. The van der Waals surface area contributed by atoms with E-state index in [2.05, 4.69) is 9.98 Å². The minimum Gasteiger partial charge on any atom is -0.463 e. The van der Waals surface area contributed by atoms with E-state index in [-0.39, 0.29) is 23.4 Å². The van der Waals surface area contributed by atoms with Crippen LogP contribution in [0.15, 0.2) is 89.5 Å². The Morgan fingerprint density at radius 1 is 1.21 bits per heavy atom. The van der Waals surface area contributed by atoms with Gasteiger partial charge in [-0.05, 0) is 61.5 Å². The fourth-order valence-electron chi connectivity index (χ4n) is 4.48. The van der Waals surface area contributed by atoms with Gasteiger partial charge in [0, 0.05) is 23.2 Å². The van der Waals surface area contributed by atoms with Crippen molar-refractivity contribution < 1.29 is 18.9 Å². The second-order valence-electron chi connectivity index (χ2n) is 9.00. The molecule has 6 rings (SSSR count). The van der Waals surface area contributed by atoms with Crippen LogP contribution in [0.2, 0.25) is 5.02 Å². The predicted octanol–water partition coefficient (Wildman–Crippen LogP) is 5.71. The monoisotopic (exact) mass is 638 g/mol. The number of carbonyl (C=O) groups excluding carboxylic acids is 1. The quantitative estimate of drug-likeness (QED) is 0.126. The number of ether oxygens (including phenoxy) is 1. The van der Waals surface area contributed by atoms with Crippen LogP contribution < -0.4 is 14.9 Å². The molecule has 42 heavy (non-hydrogen) atoms. The van der Waals surface area contributed by atoms with Crippen LogP contribution in [0.3, 0.4) is 0 Å². The van der Waals surface area contributed by atoms with Crippen molar-refractivity contribution >= 4 is 74.0 Å². The molecule has 0 saturated heterocycles. The van der Waals surface area contributed by atoms with Crippen molar-refractivity contribution in [3.63, 3.8) is 0 Å². The zero-order valence-corrected chi connectivity index (χ0v) is 25.1. The SMILES string of the molecule is CCOC(=O)C1=C(C)N=c2s/c(=C\c3ccc(Sc4nc5ccc([N+](=O)[O-])cc5s4)o3)c(=O)n2[C@H]1c1ccc(Cl)cc1. The number of carbonyl (C=O) groups is 1. The third-order valence-corrected chi connectivity index (χ3v) is 9.56. The molecular weight excluding hydrogens is 620 g/mol. The van der Waals surface area contributed by atoms with Crippen molar-refractivity contribution in [1.82, 2.24) is 9.55 Å². The summed E-state index contributed by atoms with van der Waals surface area (Å²) in [5, 5.41) is 12.2. The lowest BCUT2D eigenvalue weighted by atomic mass is 9.96. The Balaban J connectivity index is 1.35. The van der Waals surface area contributed by atoms with Crippen LogP contribution >= 0.6 is 46.0 Å². The van der Waals surface area contributed by atoms with Crippen LogP contribution in [-0.2, 0) is 9.53 Å². The summed E-state index contributed by atoms with van der Waals surface area (Å²) in [5.74, 6) is -0.0889. The van der Waals surface area contributed by atoms with Crippen molar-refractivity contribution in [3.8, 4) is 0 Å². The standard InChI is InChI=1S/C28H19ClN4O6S3/c1-3-38-26(35)23-14(2)30-27-32(24(23)15-4-6-16(29)7-5-15)25(34)21(40-27)13-18-9-11-22(39-18)42-28-31-19-10-8-17(33(36)37)12-20(19)41-28/h4-13,24H,3H2,1-2H3/b21-13-/t24-/m0/s1. The molecule has 14 heteroatoms. The average molecular weight is 639 g/mol. The molecule has 1 aliphatic heterocycles. The van der Waals surface area contributed by atoms with Gasteiger partial charge in [-0.2, -0.15) is 0 Å². The normalized spacial score (nSPS) is 15.1. The zero-order valence-electron chi connectivity index (χ0n) is 21.9. The third-order valence-electron chi connectivity index (χ3n) is 6.33. The molecule has 5 aromatic rings. The van der Waals surface area contributed by atoms with Crippen molar-refractivity contribution in [3.05, 3.63) is 112 Å². The van der Waals surface area contributed by atoms with E-state index < -0.39 is 16.9 Å². The number of non-ortho nitro benzene ring substituents is 1. The number of benzene rings is 2. The Bertz CT molecular complexity index is 2090. The molecule has 10 nitrogen and oxygen atoms in total. The minimum absolute atomic E-state index is 0.00678. The molecule has 0 aliphatic carbocycles. The Morgan fingerprint density at radius 3 is 2.74 bits per heavy atom. The molecule has 0 radical (unpaired) electrons. The molecule has 4 heterocycles. The van der Waals surface area contributed by atoms with E-state index in [0.29, 0.717) is 51.0 Å². The highest BCUT2D eigenvalue weighted by atomic mass is 35.5. The number of halogens is 1. The summed E-state index contributed by atoms with van der Waals surface area (Å²) in [7, 11) is 0. The lowest BCUT2D eigenvalue weighted by Crippen LogP contribution is -2.39. The van der Waals surface area contributed by atoms with Gasteiger partial charge in [-0.3, -0.25) is 19.5 Å². The first-order chi connectivity index (χ1) is 20.2. The summed E-state index contributed by atoms with van der Waals surface area (Å²) in [5.41, 5.74) is 1.80. The molecule has 0 amide bonds. The summed E-state index contributed by atoms with van der Waals surface area (Å²) in [6.07, 6.45) is 1.64. The number of furan rings is 1. The second-order valence-corrected chi connectivity index (χ2v) is 12.7. The number of rotatable bonds is 7. The predicted molar refractivity (Wildman–Crippen MR) is 161 cm³/mol. The number of nitrogens with zero attached hydrogens (tertiary/aromatic N) is 4. The van der Waals surface area contributed by atoms with Gasteiger partial charge in [-0.25, -0.2) is 14.8 Å². The van der Waals surface area contributed by atoms with E-state index in [0.717, 1.165) is 0 Å². The number of fused-ring (bicyclic) bond motifs is 2. The number of esters is 1. The fourth-order valence-corrected chi connectivity index (χ4v) is 7.64. The minimum atomic E-state index is -0.739. The van der Waals surface area contributed by atoms with E-state index in [9.17, 15) is 19.7 Å². The molecule has 1 aliphatic rings. The lowest BCUT2D eigenvalue weighted by molar-refractivity contribution is -0.384. The van der Waals surface area contributed by atoms with Gasteiger partial charge in [0.25, 0.3) is 11.2 Å². The van der Waals surface area contributed by atoms with Gasteiger partial charge in [0.05, 0.1) is 43.6 Å². The summed E-state index contributed by atoms with van der Waals surface area (Å²) < 4.78 is 14.5. The summed E-state index contributed by atoms with van der Waals surface area (Å²) in [6.45, 7) is 3.63. The maximum absolute atomic E-state index is 13.8. The van der Waals surface area contributed by atoms with Crippen LogP contribution in [0.4, 0.5) is 5.69 Å². The Hall–Kier alpha value is -4.04. The van der Waals surface area contributed by atoms with Gasteiger partial charge in [-0.15, -0.1) is 11.3 Å². The molecule has 0 saturated carbocycles. The highest BCUT2D eigenvalue weighted by Crippen LogP contribution is 2.36. The van der Waals surface area contributed by atoms with Crippen molar-refractivity contribution in [2.24, 2.45) is 4.99 Å². The van der Waals surface area contributed by atoms with E-state index >= 15 is 0 Å². The molecule has 0 fully saturated rings. The molecule has 0 unspecified atom stereocenters. The highest BCUT2D eigenvalue weighted by Gasteiger charge is 2.33. The number of allylic oxidation sites excluding steroid dienone is 1. The molecule has 2 aromatic carbocycles.